The van der Waals surface area contributed by atoms with Crippen LogP contribution in [0.4, 0.5) is 5.82 Å². The van der Waals surface area contributed by atoms with Crippen LogP contribution in [-0.4, -0.2) is 34.3 Å². The van der Waals surface area contributed by atoms with Crippen LogP contribution in [0.1, 0.15) is 11.7 Å². The first kappa shape index (κ1) is 12.5. The van der Waals surface area contributed by atoms with E-state index in [2.05, 4.69) is 20.2 Å². The molecule has 0 saturated carbocycles. The summed E-state index contributed by atoms with van der Waals surface area (Å²) in [6, 6.07) is 1.74. The first-order valence-corrected chi connectivity index (χ1v) is 5.65. The summed E-state index contributed by atoms with van der Waals surface area (Å²) in [4.78, 5) is 10.5. The van der Waals surface area contributed by atoms with Gasteiger partial charge in [-0.25, -0.2) is 10.1 Å². The minimum atomic E-state index is 0.163. The Morgan fingerprint density at radius 2 is 2.22 bits per heavy atom. The van der Waals surface area contributed by atoms with Gasteiger partial charge < -0.3 is 14.1 Å². The standard InChI is InChI=1S/C10H13N5O2S/c1-6-11-7(15(2)3)4-8(12-6)16-5-9-13-14-10(18)17-9/h4H,5H2,1-3H3,(H,14,18). The van der Waals surface area contributed by atoms with Gasteiger partial charge in [0, 0.05) is 20.2 Å². The normalized spacial score (nSPS) is 10.4. The molecule has 1 N–H and O–H groups in total. The largest absolute Gasteiger partial charge is 0.467 e. The van der Waals surface area contributed by atoms with Crippen molar-refractivity contribution in [1.82, 2.24) is 20.2 Å². The van der Waals surface area contributed by atoms with Crippen LogP contribution in [0.15, 0.2) is 10.5 Å². The van der Waals surface area contributed by atoms with E-state index in [1.54, 1.807) is 13.0 Å². The van der Waals surface area contributed by atoms with Crippen molar-refractivity contribution in [3.63, 3.8) is 0 Å². The van der Waals surface area contributed by atoms with Gasteiger partial charge in [-0.15, -0.1) is 5.10 Å². The molecule has 2 heterocycles. The van der Waals surface area contributed by atoms with Crippen molar-refractivity contribution in [2.75, 3.05) is 19.0 Å². The summed E-state index contributed by atoms with van der Waals surface area (Å²) < 4.78 is 10.6. The van der Waals surface area contributed by atoms with E-state index in [0.29, 0.717) is 17.6 Å². The fraction of sp³-hybridized carbons (Fsp3) is 0.400. The maximum Gasteiger partial charge on any atom is 0.284 e. The molecule has 0 atom stereocenters. The summed E-state index contributed by atoms with van der Waals surface area (Å²) in [7, 11) is 3.80. The molecule has 8 heteroatoms. The van der Waals surface area contributed by atoms with Gasteiger partial charge in [0.25, 0.3) is 10.7 Å². The van der Waals surface area contributed by atoms with Gasteiger partial charge in [0.2, 0.25) is 5.88 Å². The number of aromatic nitrogens is 4. The molecule has 2 rings (SSSR count). The molecule has 96 valence electrons. The first-order chi connectivity index (χ1) is 8.54. The van der Waals surface area contributed by atoms with Crippen LogP contribution in [0.3, 0.4) is 0 Å². The van der Waals surface area contributed by atoms with Gasteiger partial charge in [0.15, 0.2) is 6.61 Å². The Hall–Kier alpha value is -1.96. The van der Waals surface area contributed by atoms with Crippen LogP contribution in [0.5, 0.6) is 5.88 Å². The summed E-state index contributed by atoms with van der Waals surface area (Å²) in [6.45, 7) is 1.97. The molecule has 0 radical (unpaired) electrons. The minimum absolute atomic E-state index is 0.163. The van der Waals surface area contributed by atoms with Gasteiger partial charge in [0.1, 0.15) is 11.6 Å². The fourth-order valence-electron chi connectivity index (χ4n) is 1.29. The van der Waals surface area contributed by atoms with Gasteiger partial charge in [-0.2, -0.15) is 4.98 Å². The zero-order chi connectivity index (χ0) is 13.1. The van der Waals surface area contributed by atoms with Crippen LogP contribution in [-0.2, 0) is 6.61 Å². The summed E-state index contributed by atoms with van der Waals surface area (Å²) in [5.41, 5.74) is 0. The Labute approximate surface area is 109 Å². The molecule has 0 aromatic carbocycles. The number of aryl methyl sites for hydroxylation is 1. The lowest BCUT2D eigenvalue weighted by atomic mass is 10.5. The molecule has 0 aliphatic rings. The van der Waals surface area contributed by atoms with E-state index in [1.165, 1.54) is 0 Å². The third-order valence-electron chi connectivity index (χ3n) is 2.09. The highest BCUT2D eigenvalue weighted by Crippen LogP contribution is 2.16. The fourth-order valence-corrected chi connectivity index (χ4v) is 1.43. The van der Waals surface area contributed by atoms with E-state index in [0.717, 1.165) is 5.82 Å². The number of hydrogen-bond donors (Lipinski definition) is 1. The van der Waals surface area contributed by atoms with Crippen molar-refractivity contribution in [1.29, 1.82) is 0 Å². The lowest BCUT2D eigenvalue weighted by molar-refractivity contribution is 0.251. The highest BCUT2D eigenvalue weighted by Gasteiger charge is 2.06. The monoisotopic (exact) mass is 267 g/mol. The SMILES string of the molecule is Cc1nc(OCc2n[nH]c(=S)o2)cc(N(C)C)n1. The molecule has 0 amide bonds. The quantitative estimate of drug-likeness (QED) is 0.840. The average molecular weight is 267 g/mol. The van der Waals surface area contributed by atoms with Gasteiger partial charge in [-0.3, -0.25) is 0 Å². The van der Waals surface area contributed by atoms with Crippen LogP contribution in [0, 0.1) is 11.8 Å². The first-order valence-electron chi connectivity index (χ1n) is 5.25. The zero-order valence-corrected chi connectivity index (χ0v) is 11.1. The van der Waals surface area contributed by atoms with Gasteiger partial charge >= 0.3 is 0 Å². The number of hydrogen-bond acceptors (Lipinski definition) is 7. The molecule has 0 bridgehead atoms. The molecule has 0 unspecified atom stereocenters. The predicted octanol–water partition coefficient (Wildman–Crippen LogP) is 1.48. The average Bonchev–Trinajstić information content (AvgIpc) is 2.72. The number of aromatic amines is 1. The third-order valence-corrected chi connectivity index (χ3v) is 2.26. The van der Waals surface area contributed by atoms with Crippen molar-refractivity contribution in [3.05, 3.63) is 22.6 Å². The molecule has 0 saturated heterocycles. The summed E-state index contributed by atoms with van der Waals surface area (Å²) >= 11 is 4.77. The second-order valence-electron chi connectivity index (χ2n) is 3.80. The second kappa shape index (κ2) is 5.13. The Morgan fingerprint density at radius 3 is 2.83 bits per heavy atom. The molecular formula is C10H13N5O2S. The Bertz CT molecular complexity index is 592. The zero-order valence-electron chi connectivity index (χ0n) is 10.3. The van der Waals surface area contributed by atoms with E-state index in [-0.39, 0.29) is 11.4 Å². The molecule has 2 aromatic rings. The lowest BCUT2D eigenvalue weighted by Crippen LogP contribution is -2.12. The third kappa shape index (κ3) is 3.04. The Kier molecular flexibility index (Phi) is 3.56. The van der Waals surface area contributed by atoms with Crippen LogP contribution in [0.2, 0.25) is 0 Å². The Balaban J connectivity index is 2.11. The van der Waals surface area contributed by atoms with Crippen LogP contribution >= 0.6 is 12.2 Å². The molecular weight excluding hydrogens is 254 g/mol. The smallest absolute Gasteiger partial charge is 0.284 e. The van der Waals surface area contributed by atoms with Crippen molar-refractivity contribution >= 4 is 18.0 Å². The predicted molar refractivity (Wildman–Crippen MR) is 67.1 cm³/mol. The summed E-state index contributed by atoms with van der Waals surface area (Å²) in [6.07, 6.45) is 0. The van der Waals surface area contributed by atoms with Gasteiger partial charge in [-0.05, 0) is 19.1 Å². The molecule has 7 nitrogen and oxygen atoms in total. The number of ether oxygens (including phenoxy) is 1. The number of H-pyrrole nitrogens is 1. The van der Waals surface area contributed by atoms with E-state index >= 15 is 0 Å². The van der Waals surface area contributed by atoms with E-state index in [4.69, 9.17) is 21.4 Å². The van der Waals surface area contributed by atoms with Crippen LogP contribution in [0.25, 0.3) is 0 Å². The number of anilines is 1. The van der Waals surface area contributed by atoms with Crippen molar-refractivity contribution in [2.45, 2.75) is 13.5 Å². The van der Waals surface area contributed by atoms with Gasteiger partial charge in [0.05, 0.1) is 0 Å². The van der Waals surface area contributed by atoms with E-state index in [9.17, 15) is 0 Å². The number of rotatable bonds is 4. The highest BCUT2D eigenvalue weighted by molar-refractivity contribution is 7.71. The second-order valence-corrected chi connectivity index (χ2v) is 4.17. The molecule has 0 fully saturated rings. The maximum absolute atomic E-state index is 5.48. The molecule has 0 aliphatic carbocycles. The summed E-state index contributed by atoms with van der Waals surface area (Å²) in [5, 5.41) is 6.36. The van der Waals surface area contributed by atoms with E-state index < -0.39 is 0 Å². The number of nitrogens with one attached hydrogen (secondary N) is 1. The molecule has 0 aliphatic heterocycles. The van der Waals surface area contributed by atoms with Crippen molar-refractivity contribution < 1.29 is 9.15 Å². The van der Waals surface area contributed by atoms with Crippen molar-refractivity contribution in [3.8, 4) is 5.88 Å². The van der Waals surface area contributed by atoms with Crippen LogP contribution < -0.4 is 9.64 Å². The molecule has 0 spiro atoms. The minimum Gasteiger partial charge on any atom is -0.467 e. The van der Waals surface area contributed by atoms with Crippen molar-refractivity contribution in [2.24, 2.45) is 0 Å². The Morgan fingerprint density at radius 1 is 1.44 bits per heavy atom. The van der Waals surface area contributed by atoms with Gasteiger partial charge in [-0.1, -0.05) is 0 Å². The molecule has 18 heavy (non-hydrogen) atoms. The molecule has 2 aromatic heterocycles. The lowest BCUT2D eigenvalue weighted by Gasteiger charge is -2.12. The van der Waals surface area contributed by atoms with E-state index in [1.807, 2.05) is 19.0 Å². The highest BCUT2D eigenvalue weighted by atomic mass is 32.1. The topological polar surface area (TPSA) is 80.1 Å². The maximum atomic E-state index is 5.48. The summed E-state index contributed by atoms with van der Waals surface area (Å²) in [5.74, 6) is 2.26. The number of nitrogens with zero attached hydrogens (tertiary/aromatic N) is 4.